The minimum Gasteiger partial charge on any atom is -0.326 e. The van der Waals surface area contributed by atoms with Crippen LogP contribution in [-0.2, 0) is 10.0 Å². The van der Waals surface area contributed by atoms with Crippen molar-refractivity contribution < 1.29 is 8.42 Å². The van der Waals surface area contributed by atoms with E-state index in [9.17, 15) is 8.42 Å². The summed E-state index contributed by atoms with van der Waals surface area (Å²) in [7, 11) is -3.47. The van der Waals surface area contributed by atoms with Crippen LogP contribution in [0.25, 0.3) is 10.8 Å². The molecule has 2 aromatic rings. The number of rotatable bonds is 2. The van der Waals surface area contributed by atoms with Crippen LogP contribution >= 0.6 is 12.4 Å². The normalized spacial score (nSPS) is 19.9. The summed E-state index contributed by atoms with van der Waals surface area (Å²) in [6.45, 7) is 0.884. The zero-order valence-corrected chi connectivity index (χ0v) is 12.4. The van der Waals surface area contributed by atoms with Gasteiger partial charge in [0.05, 0.1) is 4.90 Å². The lowest BCUT2D eigenvalue weighted by molar-refractivity contribution is 0.473. The van der Waals surface area contributed by atoms with Crippen molar-refractivity contribution in [1.82, 2.24) is 9.29 Å². The number of hydrogen-bond acceptors (Lipinski definition) is 4. The lowest BCUT2D eigenvalue weighted by Gasteiger charge is -2.17. The molecule has 0 saturated carbocycles. The summed E-state index contributed by atoms with van der Waals surface area (Å²) < 4.78 is 26.8. The highest BCUT2D eigenvalue weighted by atomic mass is 35.5. The number of nitrogens with zero attached hydrogens (tertiary/aromatic N) is 2. The van der Waals surface area contributed by atoms with Crippen LogP contribution < -0.4 is 5.73 Å². The second kappa shape index (κ2) is 5.65. The number of aromatic nitrogens is 1. The summed E-state index contributed by atoms with van der Waals surface area (Å²) in [6, 6.07) is 6.91. The van der Waals surface area contributed by atoms with E-state index in [0.29, 0.717) is 29.8 Å². The van der Waals surface area contributed by atoms with Crippen molar-refractivity contribution >= 4 is 33.2 Å². The first-order chi connectivity index (χ1) is 9.09. The summed E-state index contributed by atoms with van der Waals surface area (Å²) in [6.07, 6.45) is 3.99. The number of hydrogen-bond donors (Lipinski definition) is 1. The van der Waals surface area contributed by atoms with Crippen LogP contribution in [0.15, 0.2) is 41.6 Å². The van der Waals surface area contributed by atoms with Gasteiger partial charge in [0.15, 0.2) is 0 Å². The molecule has 3 rings (SSSR count). The Morgan fingerprint density at radius 3 is 2.80 bits per heavy atom. The molecule has 0 bridgehead atoms. The van der Waals surface area contributed by atoms with E-state index in [1.165, 1.54) is 4.31 Å². The first-order valence-electron chi connectivity index (χ1n) is 6.17. The maximum Gasteiger partial charge on any atom is 0.243 e. The molecule has 0 amide bonds. The summed E-state index contributed by atoms with van der Waals surface area (Å²) in [5.74, 6) is 0. The van der Waals surface area contributed by atoms with E-state index in [2.05, 4.69) is 4.98 Å². The molecule has 1 aliphatic rings. The van der Waals surface area contributed by atoms with Gasteiger partial charge in [-0.15, -0.1) is 12.4 Å². The fourth-order valence-electron chi connectivity index (χ4n) is 2.43. The van der Waals surface area contributed by atoms with Gasteiger partial charge in [0.2, 0.25) is 10.0 Å². The number of pyridine rings is 1. The van der Waals surface area contributed by atoms with Crippen LogP contribution in [0.3, 0.4) is 0 Å². The molecule has 2 heterocycles. The predicted molar refractivity (Wildman–Crippen MR) is 80.3 cm³/mol. The summed E-state index contributed by atoms with van der Waals surface area (Å²) in [4.78, 5) is 4.35. The van der Waals surface area contributed by atoms with Crippen LogP contribution in [0.5, 0.6) is 0 Å². The highest BCUT2D eigenvalue weighted by Crippen LogP contribution is 2.26. The molecule has 1 aromatic heterocycles. The Balaban J connectivity index is 0.00000147. The second-order valence-electron chi connectivity index (χ2n) is 4.76. The third kappa shape index (κ3) is 2.52. The Morgan fingerprint density at radius 2 is 2.10 bits per heavy atom. The molecule has 0 aliphatic carbocycles. The van der Waals surface area contributed by atoms with Crippen molar-refractivity contribution in [3.63, 3.8) is 0 Å². The topological polar surface area (TPSA) is 76.3 Å². The second-order valence-corrected chi connectivity index (χ2v) is 6.67. The average molecular weight is 314 g/mol. The fourth-order valence-corrected chi connectivity index (χ4v) is 4.16. The standard InChI is InChI=1S/C13H15N3O2S.ClH/c14-11-5-7-16(9-11)19(17,18)13-3-1-2-10-8-15-6-4-12(10)13;/h1-4,6,8,11H,5,7,9,14H2;1H/t11-;/m0./s1. The molecule has 1 saturated heterocycles. The Morgan fingerprint density at radius 1 is 1.30 bits per heavy atom. The molecule has 5 nitrogen and oxygen atoms in total. The van der Waals surface area contributed by atoms with Gasteiger partial charge in [0.25, 0.3) is 0 Å². The third-order valence-corrected chi connectivity index (χ3v) is 5.37. The third-order valence-electron chi connectivity index (χ3n) is 3.45. The zero-order chi connectivity index (χ0) is 13.5. The molecule has 0 radical (unpaired) electrons. The van der Waals surface area contributed by atoms with Gasteiger partial charge in [-0.2, -0.15) is 4.31 Å². The van der Waals surface area contributed by atoms with E-state index >= 15 is 0 Å². The van der Waals surface area contributed by atoms with Crippen LogP contribution in [-0.4, -0.2) is 36.8 Å². The molecule has 108 valence electrons. The number of sulfonamides is 1. The Hall–Kier alpha value is -1.21. The highest BCUT2D eigenvalue weighted by molar-refractivity contribution is 7.89. The Labute approximate surface area is 124 Å². The summed E-state index contributed by atoms with van der Waals surface area (Å²) in [5, 5.41) is 1.53. The number of halogens is 1. The summed E-state index contributed by atoms with van der Waals surface area (Å²) in [5.41, 5.74) is 5.80. The van der Waals surface area contributed by atoms with Crippen molar-refractivity contribution in [1.29, 1.82) is 0 Å². The fraction of sp³-hybridized carbons (Fsp3) is 0.308. The molecule has 0 unspecified atom stereocenters. The quantitative estimate of drug-likeness (QED) is 0.908. The van der Waals surface area contributed by atoms with Gasteiger partial charge in [0, 0.05) is 42.3 Å². The van der Waals surface area contributed by atoms with Crippen molar-refractivity contribution in [3.05, 3.63) is 36.7 Å². The largest absolute Gasteiger partial charge is 0.326 e. The molecule has 1 fully saturated rings. The van der Waals surface area contributed by atoms with Crippen molar-refractivity contribution in [2.45, 2.75) is 17.4 Å². The smallest absolute Gasteiger partial charge is 0.243 e. The number of benzene rings is 1. The van der Waals surface area contributed by atoms with E-state index in [-0.39, 0.29) is 18.4 Å². The first kappa shape index (κ1) is 15.2. The predicted octanol–water partition coefficient (Wildman–Crippen LogP) is 1.38. The first-order valence-corrected chi connectivity index (χ1v) is 7.61. The van der Waals surface area contributed by atoms with Crippen molar-refractivity contribution in [3.8, 4) is 0 Å². The van der Waals surface area contributed by atoms with E-state index in [0.717, 1.165) is 5.39 Å². The Bertz CT molecular complexity index is 715. The minimum atomic E-state index is -3.47. The minimum absolute atomic E-state index is 0. The Kier molecular flexibility index (Phi) is 4.29. The molecule has 2 N–H and O–H groups in total. The molecule has 1 aliphatic heterocycles. The van der Waals surface area contributed by atoms with Gasteiger partial charge < -0.3 is 5.73 Å². The van der Waals surface area contributed by atoms with E-state index < -0.39 is 10.0 Å². The average Bonchev–Trinajstić information content (AvgIpc) is 2.85. The SMILES string of the molecule is Cl.N[C@H]1CCN(S(=O)(=O)c2cccc3cnccc23)C1. The molecule has 1 aromatic carbocycles. The van der Waals surface area contributed by atoms with Gasteiger partial charge in [-0.25, -0.2) is 8.42 Å². The van der Waals surface area contributed by atoms with Crippen LogP contribution in [0.4, 0.5) is 0 Å². The molecular formula is C13H16ClN3O2S. The molecule has 0 spiro atoms. The number of nitrogens with two attached hydrogens (primary N) is 1. The molecular weight excluding hydrogens is 298 g/mol. The molecule has 1 atom stereocenters. The lowest BCUT2D eigenvalue weighted by atomic mass is 10.2. The van der Waals surface area contributed by atoms with Crippen LogP contribution in [0.1, 0.15) is 6.42 Å². The van der Waals surface area contributed by atoms with Crippen molar-refractivity contribution in [2.75, 3.05) is 13.1 Å². The molecule has 7 heteroatoms. The van der Waals surface area contributed by atoms with Gasteiger partial charge in [0.1, 0.15) is 0 Å². The lowest BCUT2D eigenvalue weighted by Crippen LogP contribution is -2.32. The maximum absolute atomic E-state index is 12.6. The monoisotopic (exact) mass is 313 g/mol. The number of fused-ring (bicyclic) bond motifs is 1. The van der Waals surface area contributed by atoms with Gasteiger partial charge in [-0.3, -0.25) is 4.98 Å². The van der Waals surface area contributed by atoms with Gasteiger partial charge in [-0.05, 0) is 18.6 Å². The highest BCUT2D eigenvalue weighted by Gasteiger charge is 2.31. The van der Waals surface area contributed by atoms with Crippen LogP contribution in [0, 0.1) is 0 Å². The van der Waals surface area contributed by atoms with E-state index in [1.807, 2.05) is 6.07 Å². The van der Waals surface area contributed by atoms with Gasteiger partial charge >= 0.3 is 0 Å². The van der Waals surface area contributed by atoms with E-state index in [1.54, 1.807) is 30.6 Å². The van der Waals surface area contributed by atoms with Crippen LogP contribution in [0.2, 0.25) is 0 Å². The van der Waals surface area contributed by atoms with Crippen molar-refractivity contribution in [2.24, 2.45) is 5.73 Å². The van der Waals surface area contributed by atoms with E-state index in [4.69, 9.17) is 5.73 Å². The van der Waals surface area contributed by atoms with Gasteiger partial charge in [-0.1, -0.05) is 12.1 Å². The molecule has 20 heavy (non-hydrogen) atoms. The maximum atomic E-state index is 12.6. The zero-order valence-electron chi connectivity index (χ0n) is 10.8. The summed E-state index contributed by atoms with van der Waals surface area (Å²) >= 11 is 0.